The maximum atomic E-state index is 10.4. The van der Waals surface area contributed by atoms with Crippen molar-refractivity contribution in [2.45, 2.75) is 28.2 Å². The molecule has 4 nitrogen and oxygen atoms in total. The third-order valence-corrected chi connectivity index (χ3v) is 1.67. The highest BCUT2D eigenvalue weighted by atomic mass is 16.6. The highest BCUT2D eigenvalue weighted by Crippen LogP contribution is 2.26. The smallest absolute Gasteiger partial charge is 0.276 e. The summed E-state index contributed by atoms with van der Waals surface area (Å²) >= 11 is 0. The number of nitrogens with zero attached hydrogens (tertiary/aromatic N) is 1. The van der Waals surface area contributed by atoms with Gasteiger partial charge in [0, 0.05) is 6.07 Å². The van der Waals surface area contributed by atoms with Crippen LogP contribution in [0.5, 0.6) is 5.75 Å². The molecule has 1 aromatic rings. The van der Waals surface area contributed by atoms with Crippen molar-refractivity contribution in [1.29, 1.82) is 0 Å². The van der Waals surface area contributed by atoms with E-state index in [9.17, 15) is 10.1 Å². The zero-order valence-electron chi connectivity index (χ0n) is 8.90. The summed E-state index contributed by atoms with van der Waals surface area (Å²) in [5.74, 6) is 0.546. The van der Waals surface area contributed by atoms with E-state index >= 15 is 0 Å². The minimum absolute atomic E-state index is 0. The Bertz CT molecular complexity index is 311. The molecule has 0 radical (unpaired) electrons. The summed E-state index contributed by atoms with van der Waals surface area (Å²) in [5, 5.41) is 10.4. The second-order valence-corrected chi connectivity index (χ2v) is 2.36. The van der Waals surface area contributed by atoms with E-state index in [2.05, 4.69) is 0 Å². The first-order valence-corrected chi connectivity index (χ1v) is 4.45. The molecule has 0 unspecified atom stereocenters. The highest BCUT2D eigenvalue weighted by Gasteiger charge is 2.12. The van der Waals surface area contributed by atoms with E-state index in [1.165, 1.54) is 13.2 Å². The quantitative estimate of drug-likeness (QED) is 0.557. The van der Waals surface area contributed by atoms with Gasteiger partial charge in [0.2, 0.25) is 0 Å². The fourth-order valence-corrected chi connectivity index (χ4v) is 1.02. The van der Waals surface area contributed by atoms with Crippen LogP contribution in [0, 0.1) is 17.0 Å². The van der Waals surface area contributed by atoms with Crippen LogP contribution in [0.1, 0.15) is 26.8 Å². The van der Waals surface area contributed by atoms with Crippen molar-refractivity contribution in [2.75, 3.05) is 7.11 Å². The van der Waals surface area contributed by atoms with E-state index in [4.69, 9.17) is 4.74 Å². The Kier molecular flexibility index (Phi) is 8.24. The molecule has 0 saturated carbocycles. The van der Waals surface area contributed by atoms with Crippen LogP contribution in [-0.2, 0) is 0 Å². The van der Waals surface area contributed by atoms with Gasteiger partial charge >= 0.3 is 0 Å². The molecular weight excluding hydrogens is 194 g/mol. The summed E-state index contributed by atoms with van der Waals surface area (Å²) < 4.78 is 4.93. The Morgan fingerprint density at radius 3 is 2.27 bits per heavy atom. The van der Waals surface area contributed by atoms with Crippen LogP contribution < -0.4 is 4.74 Å². The maximum Gasteiger partial charge on any atom is 0.276 e. The second-order valence-electron chi connectivity index (χ2n) is 2.36. The lowest BCUT2D eigenvalue weighted by atomic mass is 10.2. The van der Waals surface area contributed by atoms with Crippen LogP contribution in [0.25, 0.3) is 0 Å². The lowest BCUT2D eigenvalue weighted by Crippen LogP contribution is -1.94. The molecule has 0 fully saturated rings. The fourth-order valence-electron chi connectivity index (χ4n) is 1.02. The molecule has 0 N–H and O–H groups in total. The van der Waals surface area contributed by atoms with Crippen molar-refractivity contribution in [2.24, 2.45) is 0 Å². The van der Waals surface area contributed by atoms with Gasteiger partial charge in [-0.3, -0.25) is 10.1 Å². The zero-order chi connectivity index (χ0) is 11.1. The summed E-state index contributed by atoms with van der Waals surface area (Å²) in [7, 11) is 1.49. The van der Waals surface area contributed by atoms with Gasteiger partial charge in [0.1, 0.15) is 5.75 Å². The number of hydrogen-bond acceptors (Lipinski definition) is 3. The standard InChI is InChI=1S/C8H9NO3.C2H6.CH4/c1-6-7(9(10)11)4-3-5-8(6)12-2;1-2;/h3-5H,1-2H3;1-2H3;1H4. The molecule has 86 valence electrons. The predicted octanol–water partition coefficient (Wildman–Crippen LogP) is 3.57. The van der Waals surface area contributed by atoms with E-state index in [1.54, 1.807) is 19.1 Å². The summed E-state index contributed by atoms with van der Waals surface area (Å²) in [6.45, 7) is 5.66. The molecule has 1 rings (SSSR count). The van der Waals surface area contributed by atoms with Gasteiger partial charge in [-0.05, 0) is 13.0 Å². The van der Waals surface area contributed by atoms with Gasteiger partial charge in [0.05, 0.1) is 17.6 Å². The van der Waals surface area contributed by atoms with E-state index < -0.39 is 4.92 Å². The third kappa shape index (κ3) is 3.97. The summed E-state index contributed by atoms with van der Waals surface area (Å²) in [6.07, 6.45) is 0. The molecule has 0 spiro atoms. The van der Waals surface area contributed by atoms with Crippen LogP contribution in [0.4, 0.5) is 5.69 Å². The molecule has 0 atom stereocenters. The van der Waals surface area contributed by atoms with Crippen molar-refractivity contribution in [3.63, 3.8) is 0 Å². The number of nitro groups is 1. The van der Waals surface area contributed by atoms with Crippen LogP contribution in [-0.4, -0.2) is 12.0 Å². The fraction of sp³-hybridized carbons (Fsp3) is 0.455. The first kappa shape index (κ1) is 15.9. The van der Waals surface area contributed by atoms with Gasteiger partial charge in [-0.2, -0.15) is 0 Å². The monoisotopic (exact) mass is 213 g/mol. The Hall–Kier alpha value is -1.58. The largest absolute Gasteiger partial charge is 0.496 e. The molecule has 0 aliphatic carbocycles. The minimum Gasteiger partial charge on any atom is -0.496 e. The van der Waals surface area contributed by atoms with Crippen molar-refractivity contribution in [3.05, 3.63) is 33.9 Å². The van der Waals surface area contributed by atoms with Gasteiger partial charge in [0.25, 0.3) is 5.69 Å². The topological polar surface area (TPSA) is 52.4 Å². The SMILES string of the molecule is C.CC.COc1cccc([N+](=O)[O-])c1C. The first-order chi connectivity index (χ1) is 6.66. The number of hydrogen-bond donors (Lipinski definition) is 0. The second kappa shape index (κ2) is 7.79. The van der Waals surface area contributed by atoms with E-state index in [1.807, 2.05) is 13.8 Å². The molecule has 4 heteroatoms. The lowest BCUT2D eigenvalue weighted by Gasteiger charge is -2.03. The zero-order valence-corrected chi connectivity index (χ0v) is 8.90. The maximum absolute atomic E-state index is 10.4. The van der Waals surface area contributed by atoms with Gasteiger partial charge in [-0.1, -0.05) is 27.3 Å². The average molecular weight is 213 g/mol. The molecule has 15 heavy (non-hydrogen) atoms. The van der Waals surface area contributed by atoms with Crippen molar-refractivity contribution in [3.8, 4) is 5.75 Å². The molecule has 0 bridgehead atoms. The molecule has 0 aromatic heterocycles. The van der Waals surface area contributed by atoms with Crippen LogP contribution in [0.15, 0.2) is 18.2 Å². The lowest BCUT2D eigenvalue weighted by molar-refractivity contribution is -0.385. The molecule has 0 aliphatic rings. The Labute approximate surface area is 91.0 Å². The molecular formula is C11H19NO3. The van der Waals surface area contributed by atoms with Gasteiger partial charge in [-0.25, -0.2) is 0 Å². The molecule has 0 amide bonds. The third-order valence-electron chi connectivity index (χ3n) is 1.67. The van der Waals surface area contributed by atoms with Crippen molar-refractivity contribution >= 4 is 5.69 Å². The normalized spacial score (nSPS) is 8.00. The molecule has 0 aliphatic heterocycles. The highest BCUT2D eigenvalue weighted by molar-refractivity contribution is 5.48. The molecule has 0 saturated heterocycles. The Morgan fingerprint density at radius 1 is 1.33 bits per heavy atom. The van der Waals surface area contributed by atoms with Gasteiger partial charge in [0.15, 0.2) is 0 Å². The van der Waals surface area contributed by atoms with Crippen molar-refractivity contribution < 1.29 is 9.66 Å². The number of benzene rings is 1. The van der Waals surface area contributed by atoms with Crippen LogP contribution >= 0.6 is 0 Å². The minimum atomic E-state index is -0.419. The van der Waals surface area contributed by atoms with Gasteiger partial charge < -0.3 is 4.74 Å². The molecule has 1 aromatic carbocycles. The summed E-state index contributed by atoms with van der Waals surface area (Å²) in [6, 6.07) is 4.75. The summed E-state index contributed by atoms with van der Waals surface area (Å²) in [4.78, 5) is 10.0. The molecule has 0 heterocycles. The van der Waals surface area contributed by atoms with Crippen LogP contribution in [0.2, 0.25) is 0 Å². The first-order valence-electron chi connectivity index (χ1n) is 4.45. The Morgan fingerprint density at radius 2 is 1.87 bits per heavy atom. The van der Waals surface area contributed by atoms with E-state index in [0.717, 1.165) is 0 Å². The van der Waals surface area contributed by atoms with E-state index in [0.29, 0.717) is 11.3 Å². The van der Waals surface area contributed by atoms with Crippen LogP contribution in [0.3, 0.4) is 0 Å². The summed E-state index contributed by atoms with van der Waals surface area (Å²) in [5.41, 5.74) is 0.652. The number of methoxy groups -OCH3 is 1. The number of rotatable bonds is 2. The number of nitro benzene ring substituents is 1. The van der Waals surface area contributed by atoms with Crippen molar-refractivity contribution in [1.82, 2.24) is 0 Å². The predicted molar refractivity (Wildman–Crippen MR) is 62.5 cm³/mol. The van der Waals surface area contributed by atoms with E-state index in [-0.39, 0.29) is 13.1 Å². The Balaban J connectivity index is 0. The average Bonchev–Trinajstić information content (AvgIpc) is 2.21. The number of ether oxygens (including phenoxy) is 1. The van der Waals surface area contributed by atoms with Gasteiger partial charge in [-0.15, -0.1) is 0 Å².